The van der Waals surface area contributed by atoms with Gasteiger partial charge in [-0.2, -0.15) is 0 Å². The predicted octanol–water partition coefficient (Wildman–Crippen LogP) is 1.67. The van der Waals surface area contributed by atoms with Gasteiger partial charge in [0.2, 0.25) is 0 Å². The number of rotatable bonds is 9. The summed E-state index contributed by atoms with van der Waals surface area (Å²) < 4.78 is 10.5. The SMILES string of the molecule is CCOC(=O)C(C)(CCCN(C)CC1CCOCC1)NC. The zero-order chi connectivity index (χ0) is 15.7. The summed E-state index contributed by atoms with van der Waals surface area (Å²) in [5.74, 6) is 0.601. The van der Waals surface area contributed by atoms with Crippen molar-refractivity contribution in [3.8, 4) is 0 Å². The molecule has 0 bridgehead atoms. The molecule has 0 saturated carbocycles. The van der Waals surface area contributed by atoms with Crippen molar-refractivity contribution in [2.75, 3.05) is 47.0 Å². The van der Waals surface area contributed by atoms with E-state index >= 15 is 0 Å². The fraction of sp³-hybridized carbons (Fsp3) is 0.938. The van der Waals surface area contributed by atoms with Crippen LogP contribution in [0.2, 0.25) is 0 Å². The van der Waals surface area contributed by atoms with Crippen LogP contribution in [-0.4, -0.2) is 63.4 Å². The van der Waals surface area contributed by atoms with Crippen molar-refractivity contribution < 1.29 is 14.3 Å². The third-order valence-corrected chi connectivity index (χ3v) is 4.41. The molecular formula is C16H32N2O3. The minimum absolute atomic E-state index is 0.153. The largest absolute Gasteiger partial charge is 0.465 e. The first-order valence-electron chi connectivity index (χ1n) is 8.14. The highest BCUT2D eigenvalue weighted by atomic mass is 16.5. The molecular weight excluding hydrogens is 268 g/mol. The van der Waals surface area contributed by atoms with Crippen molar-refractivity contribution in [3.05, 3.63) is 0 Å². The topological polar surface area (TPSA) is 50.8 Å². The Morgan fingerprint density at radius 1 is 1.43 bits per heavy atom. The number of carbonyl (C=O) groups excluding carboxylic acids is 1. The third kappa shape index (κ3) is 6.32. The molecule has 0 radical (unpaired) electrons. The van der Waals surface area contributed by atoms with E-state index in [1.54, 1.807) is 0 Å². The minimum atomic E-state index is -0.574. The van der Waals surface area contributed by atoms with Gasteiger partial charge in [0.15, 0.2) is 0 Å². The lowest BCUT2D eigenvalue weighted by Gasteiger charge is -2.29. The van der Waals surface area contributed by atoms with Crippen LogP contribution < -0.4 is 5.32 Å². The van der Waals surface area contributed by atoms with Crippen LogP contribution in [0.1, 0.15) is 39.5 Å². The molecule has 1 rings (SSSR count). The number of nitrogens with one attached hydrogen (secondary N) is 1. The predicted molar refractivity (Wildman–Crippen MR) is 84.4 cm³/mol. The van der Waals surface area contributed by atoms with Crippen LogP contribution in [0.15, 0.2) is 0 Å². The second-order valence-electron chi connectivity index (χ2n) is 6.22. The van der Waals surface area contributed by atoms with Crippen LogP contribution in [0.25, 0.3) is 0 Å². The number of hydrogen-bond acceptors (Lipinski definition) is 5. The van der Waals surface area contributed by atoms with Crippen LogP contribution in [0.3, 0.4) is 0 Å². The van der Waals surface area contributed by atoms with Gasteiger partial charge < -0.3 is 19.7 Å². The molecule has 1 saturated heterocycles. The van der Waals surface area contributed by atoms with Gasteiger partial charge in [-0.15, -0.1) is 0 Å². The summed E-state index contributed by atoms with van der Waals surface area (Å²) >= 11 is 0. The summed E-state index contributed by atoms with van der Waals surface area (Å²) in [7, 11) is 3.99. The van der Waals surface area contributed by atoms with Gasteiger partial charge in [-0.1, -0.05) is 0 Å². The van der Waals surface area contributed by atoms with Crippen molar-refractivity contribution in [3.63, 3.8) is 0 Å². The molecule has 0 aromatic heterocycles. The highest BCUT2D eigenvalue weighted by molar-refractivity contribution is 5.80. The Labute approximate surface area is 129 Å². The average Bonchev–Trinajstić information content (AvgIpc) is 2.48. The summed E-state index contributed by atoms with van der Waals surface area (Å²) in [5.41, 5.74) is -0.574. The van der Waals surface area contributed by atoms with Crippen molar-refractivity contribution in [2.24, 2.45) is 5.92 Å². The molecule has 21 heavy (non-hydrogen) atoms. The molecule has 1 aliphatic heterocycles. The van der Waals surface area contributed by atoms with Crippen LogP contribution in [0.5, 0.6) is 0 Å². The van der Waals surface area contributed by atoms with Gasteiger partial charge in [0.25, 0.3) is 0 Å². The van der Waals surface area contributed by atoms with Crippen LogP contribution >= 0.6 is 0 Å². The van der Waals surface area contributed by atoms with Crippen molar-refractivity contribution in [1.82, 2.24) is 10.2 Å². The van der Waals surface area contributed by atoms with Gasteiger partial charge in [0, 0.05) is 19.8 Å². The number of likely N-dealkylation sites (N-methyl/N-ethyl adjacent to an activating group) is 1. The number of ether oxygens (including phenoxy) is 2. The first kappa shape index (κ1) is 18.4. The highest BCUT2D eigenvalue weighted by Gasteiger charge is 2.32. The molecule has 0 aliphatic carbocycles. The quantitative estimate of drug-likeness (QED) is 0.656. The summed E-state index contributed by atoms with van der Waals surface area (Å²) in [4.78, 5) is 14.3. The third-order valence-electron chi connectivity index (χ3n) is 4.41. The van der Waals surface area contributed by atoms with Gasteiger partial charge in [0.05, 0.1) is 6.61 Å². The first-order valence-corrected chi connectivity index (χ1v) is 8.14. The molecule has 5 heteroatoms. The molecule has 0 aromatic rings. The van der Waals surface area contributed by atoms with E-state index < -0.39 is 5.54 Å². The van der Waals surface area contributed by atoms with Gasteiger partial charge in [-0.3, -0.25) is 4.79 Å². The number of carbonyl (C=O) groups is 1. The lowest BCUT2D eigenvalue weighted by molar-refractivity contribution is -0.150. The zero-order valence-corrected chi connectivity index (χ0v) is 14.1. The Morgan fingerprint density at radius 2 is 2.10 bits per heavy atom. The molecule has 1 unspecified atom stereocenters. The van der Waals surface area contributed by atoms with Crippen LogP contribution in [0.4, 0.5) is 0 Å². The van der Waals surface area contributed by atoms with Crippen molar-refractivity contribution in [1.29, 1.82) is 0 Å². The van der Waals surface area contributed by atoms with E-state index in [9.17, 15) is 4.79 Å². The lowest BCUT2D eigenvalue weighted by atomic mass is 9.95. The lowest BCUT2D eigenvalue weighted by Crippen LogP contribution is -2.49. The molecule has 1 heterocycles. The molecule has 1 N–H and O–H groups in total. The first-order chi connectivity index (χ1) is 10.0. The fourth-order valence-electron chi connectivity index (χ4n) is 2.78. The van der Waals surface area contributed by atoms with Gasteiger partial charge in [0.1, 0.15) is 5.54 Å². The van der Waals surface area contributed by atoms with Gasteiger partial charge >= 0.3 is 5.97 Å². The smallest absolute Gasteiger partial charge is 0.326 e. The van der Waals surface area contributed by atoms with E-state index in [0.717, 1.165) is 45.1 Å². The Balaban J connectivity index is 2.27. The van der Waals surface area contributed by atoms with Gasteiger partial charge in [-0.05, 0) is 66.1 Å². The maximum atomic E-state index is 12.0. The average molecular weight is 300 g/mol. The zero-order valence-electron chi connectivity index (χ0n) is 14.1. The van der Waals surface area contributed by atoms with E-state index in [0.29, 0.717) is 6.61 Å². The maximum absolute atomic E-state index is 12.0. The number of hydrogen-bond donors (Lipinski definition) is 1. The number of esters is 1. The van der Waals surface area contributed by atoms with Crippen LogP contribution in [0, 0.1) is 5.92 Å². The van der Waals surface area contributed by atoms with E-state index in [4.69, 9.17) is 9.47 Å². The molecule has 0 spiro atoms. The Hall–Kier alpha value is -0.650. The molecule has 124 valence electrons. The Kier molecular flexibility index (Phi) is 8.22. The minimum Gasteiger partial charge on any atom is -0.465 e. The Bertz CT molecular complexity index is 306. The summed E-state index contributed by atoms with van der Waals surface area (Å²) in [6.07, 6.45) is 4.11. The van der Waals surface area contributed by atoms with E-state index in [-0.39, 0.29) is 5.97 Å². The maximum Gasteiger partial charge on any atom is 0.326 e. The highest BCUT2D eigenvalue weighted by Crippen LogP contribution is 2.17. The molecule has 1 atom stereocenters. The van der Waals surface area contributed by atoms with Crippen molar-refractivity contribution in [2.45, 2.75) is 45.1 Å². The summed E-state index contributed by atoms with van der Waals surface area (Å²) in [6, 6.07) is 0. The standard InChI is InChI=1S/C16H32N2O3/c1-5-21-15(19)16(2,17-3)9-6-10-18(4)13-14-7-11-20-12-8-14/h14,17H,5-13H2,1-4H3. The van der Waals surface area contributed by atoms with E-state index in [1.165, 1.54) is 12.8 Å². The molecule has 1 aliphatic rings. The van der Waals surface area contributed by atoms with E-state index in [2.05, 4.69) is 17.3 Å². The molecule has 1 fully saturated rings. The summed E-state index contributed by atoms with van der Waals surface area (Å²) in [6.45, 7) is 8.13. The second kappa shape index (κ2) is 9.38. The normalized spacial score (nSPS) is 19.5. The monoisotopic (exact) mass is 300 g/mol. The van der Waals surface area contributed by atoms with E-state index in [1.807, 2.05) is 20.9 Å². The molecule has 0 aromatic carbocycles. The fourth-order valence-corrected chi connectivity index (χ4v) is 2.78. The summed E-state index contributed by atoms with van der Waals surface area (Å²) in [5, 5.41) is 3.11. The number of nitrogens with zero attached hydrogens (tertiary/aromatic N) is 1. The second-order valence-corrected chi connectivity index (χ2v) is 6.22. The van der Waals surface area contributed by atoms with Crippen LogP contribution in [-0.2, 0) is 14.3 Å². The Morgan fingerprint density at radius 3 is 2.67 bits per heavy atom. The van der Waals surface area contributed by atoms with Crippen molar-refractivity contribution >= 4 is 5.97 Å². The molecule has 5 nitrogen and oxygen atoms in total. The molecule has 0 amide bonds. The van der Waals surface area contributed by atoms with Gasteiger partial charge in [-0.25, -0.2) is 0 Å².